The molecule has 1 heterocycles. The molecule has 5 heteroatoms. The molecule has 5 nitrogen and oxygen atoms in total. The van der Waals surface area contributed by atoms with Crippen LogP contribution in [-0.4, -0.2) is 37.5 Å². The third-order valence-electron chi connectivity index (χ3n) is 2.60. The smallest absolute Gasteiger partial charge is 0.237 e. The fourth-order valence-corrected chi connectivity index (χ4v) is 1.52. The van der Waals surface area contributed by atoms with Gasteiger partial charge in [-0.2, -0.15) is 0 Å². The van der Waals surface area contributed by atoms with Gasteiger partial charge in [-0.3, -0.25) is 4.79 Å². The van der Waals surface area contributed by atoms with Crippen LogP contribution < -0.4 is 11.1 Å². The summed E-state index contributed by atoms with van der Waals surface area (Å²) in [6, 6.07) is -0.162. The van der Waals surface area contributed by atoms with E-state index in [2.05, 4.69) is 5.32 Å². The molecule has 0 aromatic rings. The van der Waals surface area contributed by atoms with Gasteiger partial charge in [-0.1, -0.05) is 0 Å². The van der Waals surface area contributed by atoms with Crippen LogP contribution in [0.15, 0.2) is 0 Å². The molecule has 1 aliphatic heterocycles. The second-order valence-corrected chi connectivity index (χ2v) is 4.15. The standard InChI is InChI=1S/C10H18N2O3/c11-8(10(13)12-7-2-3-7)6-9-14-4-1-5-15-9/h7-9H,1-6,11H2,(H,12,13). The molecular formula is C10H18N2O3. The lowest BCUT2D eigenvalue weighted by molar-refractivity contribution is -0.184. The molecule has 1 saturated carbocycles. The van der Waals surface area contributed by atoms with Crippen LogP contribution in [0, 0.1) is 0 Å². The number of hydrogen-bond donors (Lipinski definition) is 2. The lowest BCUT2D eigenvalue weighted by Crippen LogP contribution is -2.44. The van der Waals surface area contributed by atoms with Gasteiger partial charge in [0.15, 0.2) is 6.29 Å². The van der Waals surface area contributed by atoms with E-state index >= 15 is 0 Å². The second kappa shape index (κ2) is 4.92. The summed E-state index contributed by atoms with van der Waals surface area (Å²) >= 11 is 0. The maximum Gasteiger partial charge on any atom is 0.237 e. The summed E-state index contributed by atoms with van der Waals surface area (Å²) in [6.07, 6.45) is 3.21. The van der Waals surface area contributed by atoms with Crippen LogP contribution >= 0.6 is 0 Å². The largest absolute Gasteiger partial charge is 0.353 e. The summed E-state index contributed by atoms with van der Waals surface area (Å²) in [7, 11) is 0. The minimum atomic E-state index is -0.520. The van der Waals surface area contributed by atoms with Crippen LogP contribution in [0.1, 0.15) is 25.7 Å². The third-order valence-corrected chi connectivity index (χ3v) is 2.60. The van der Waals surface area contributed by atoms with Gasteiger partial charge in [-0.05, 0) is 19.3 Å². The lowest BCUT2D eigenvalue weighted by atomic mass is 10.2. The van der Waals surface area contributed by atoms with E-state index in [1.807, 2.05) is 0 Å². The fraction of sp³-hybridized carbons (Fsp3) is 0.900. The molecule has 1 saturated heterocycles. The van der Waals surface area contributed by atoms with E-state index < -0.39 is 6.04 Å². The first-order chi connectivity index (χ1) is 7.25. The van der Waals surface area contributed by atoms with Crippen LogP contribution in [0.4, 0.5) is 0 Å². The van der Waals surface area contributed by atoms with Gasteiger partial charge < -0.3 is 20.5 Å². The molecule has 1 aliphatic carbocycles. The molecule has 0 radical (unpaired) electrons. The molecule has 0 aromatic carbocycles. The summed E-state index contributed by atoms with van der Waals surface area (Å²) in [4.78, 5) is 11.5. The van der Waals surface area contributed by atoms with Crippen LogP contribution in [-0.2, 0) is 14.3 Å². The van der Waals surface area contributed by atoms with Crippen molar-refractivity contribution in [2.45, 2.75) is 44.1 Å². The molecule has 86 valence electrons. The van der Waals surface area contributed by atoms with Gasteiger partial charge in [0.1, 0.15) is 0 Å². The predicted octanol–water partition coefficient (Wildman–Crippen LogP) is -0.255. The Bertz CT molecular complexity index is 225. The molecule has 0 aromatic heterocycles. The predicted molar refractivity (Wildman–Crippen MR) is 54.1 cm³/mol. The zero-order valence-corrected chi connectivity index (χ0v) is 8.78. The van der Waals surface area contributed by atoms with E-state index in [1.54, 1.807) is 0 Å². The molecule has 2 fully saturated rings. The Hall–Kier alpha value is -0.650. The van der Waals surface area contributed by atoms with Crippen molar-refractivity contribution in [3.8, 4) is 0 Å². The molecular weight excluding hydrogens is 196 g/mol. The van der Waals surface area contributed by atoms with E-state index in [1.165, 1.54) is 0 Å². The van der Waals surface area contributed by atoms with Crippen molar-refractivity contribution in [2.24, 2.45) is 5.73 Å². The Balaban J connectivity index is 1.69. The summed E-state index contributed by atoms with van der Waals surface area (Å²) in [5.41, 5.74) is 5.75. The van der Waals surface area contributed by atoms with E-state index in [0.717, 1.165) is 19.3 Å². The summed E-state index contributed by atoms with van der Waals surface area (Å²) in [5, 5.41) is 2.87. The van der Waals surface area contributed by atoms with Crippen LogP contribution in [0.3, 0.4) is 0 Å². The van der Waals surface area contributed by atoms with Crippen molar-refractivity contribution in [3.63, 3.8) is 0 Å². The molecule has 1 amide bonds. The van der Waals surface area contributed by atoms with Crippen molar-refractivity contribution >= 4 is 5.91 Å². The number of carbonyl (C=O) groups is 1. The lowest BCUT2D eigenvalue weighted by Gasteiger charge is -2.25. The van der Waals surface area contributed by atoms with Gasteiger partial charge in [0.05, 0.1) is 19.3 Å². The first kappa shape index (κ1) is 10.9. The molecule has 3 N–H and O–H groups in total. The van der Waals surface area contributed by atoms with E-state index in [4.69, 9.17) is 15.2 Å². The first-order valence-corrected chi connectivity index (χ1v) is 5.55. The van der Waals surface area contributed by atoms with Crippen molar-refractivity contribution in [2.75, 3.05) is 13.2 Å². The highest BCUT2D eigenvalue weighted by Crippen LogP contribution is 2.19. The van der Waals surface area contributed by atoms with E-state index in [0.29, 0.717) is 25.7 Å². The Labute approximate surface area is 89.3 Å². The van der Waals surface area contributed by atoms with Gasteiger partial charge in [-0.25, -0.2) is 0 Å². The summed E-state index contributed by atoms with van der Waals surface area (Å²) < 4.78 is 10.7. The molecule has 15 heavy (non-hydrogen) atoms. The quantitative estimate of drug-likeness (QED) is 0.676. The Morgan fingerprint density at radius 2 is 2.07 bits per heavy atom. The Morgan fingerprint density at radius 1 is 1.40 bits per heavy atom. The number of hydrogen-bond acceptors (Lipinski definition) is 4. The zero-order valence-electron chi connectivity index (χ0n) is 8.78. The average Bonchev–Trinajstić information content (AvgIpc) is 3.03. The minimum Gasteiger partial charge on any atom is -0.353 e. The van der Waals surface area contributed by atoms with Crippen LogP contribution in [0.2, 0.25) is 0 Å². The Kier molecular flexibility index (Phi) is 3.56. The number of amides is 1. The number of ether oxygens (including phenoxy) is 2. The highest BCUT2D eigenvalue weighted by atomic mass is 16.7. The second-order valence-electron chi connectivity index (χ2n) is 4.15. The maximum absolute atomic E-state index is 11.5. The molecule has 0 bridgehead atoms. The number of nitrogens with one attached hydrogen (secondary N) is 1. The summed E-state index contributed by atoms with van der Waals surface area (Å²) in [5.74, 6) is -0.0877. The van der Waals surface area contributed by atoms with Crippen molar-refractivity contribution in [3.05, 3.63) is 0 Å². The topological polar surface area (TPSA) is 73.6 Å². The molecule has 0 spiro atoms. The molecule has 1 unspecified atom stereocenters. The van der Waals surface area contributed by atoms with Crippen molar-refractivity contribution < 1.29 is 14.3 Å². The van der Waals surface area contributed by atoms with Gasteiger partial charge in [0, 0.05) is 12.5 Å². The van der Waals surface area contributed by atoms with E-state index in [-0.39, 0.29) is 12.2 Å². The SMILES string of the molecule is NC(CC1OCCCO1)C(=O)NC1CC1. The minimum absolute atomic E-state index is 0.0877. The third kappa shape index (κ3) is 3.44. The van der Waals surface area contributed by atoms with Crippen molar-refractivity contribution in [1.82, 2.24) is 5.32 Å². The van der Waals surface area contributed by atoms with Crippen LogP contribution in [0.25, 0.3) is 0 Å². The number of nitrogens with two attached hydrogens (primary N) is 1. The average molecular weight is 214 g/mol. The molecule has 1 atom stereocenters. The van der Waals surface area contributed by atoms with Gasteiger partial charge in [0.2, 0.25) is 5.91 Å². The van der Waals surface area contributed by atoms with E-state index in [9.17, 15) is 4.79 Å². The maximum atomic E-state index is 11.5. The fourth-order valence-electron chi connectivity index (χ4n) is 1.52. The number of carbonyl (C=O) groups excluding carboxylic acids is 1. The molecule has 2 aliphatic rings. The molecule has 2 rings (SSSR count). The highest BCUT2D eigenvalue weighted by Gasteiger charge is 2.28. The summed E-state index contributed by atoms with van der Waals surface area (Å²) in [6.45, 7) is 1.39. The monoisotopic (exact) mass is 214 g/mol. The van der Waals surface area contributed by atoms with Gasteiger partial charge in [-0.15, -0.1) is 0 Å². The zero-order chi connectivity index (χ0) is 10.7. The van der Waals surface area contributed by atoms with Gasteiger partial charge in [0.25, 0.3) is 0 Å². The first-order valence-electron chi connectivity index (χ1n) is 5.55. The Morgan fingerprint density at radius 3 is 2.67 bits per heavy atom. The van der Waals surface area contributed by atoms with Gasteiger partial charge >= 0.3 is 0 Å². The van der Waals surface area contributed by atoms with Crippen LogP contribution in [0.5, 0.6) is 0 Å². The van der Waals surface area contributed by atoms with Crippen molar-refractivity contribution in [1.29, 1.82) is 0 Å². The normalized spacial score (nSPS) is 24.9. The number of rotatable bonds is 4. The highest BCUT2D eigenvalue weighted by molar-refractivity contribution is 5.82.